The Labute approximate surface area is 67.3 Å². The van der Waals surface area contributed by atoms with Crippen molar-refractivity contribution in [1.29, 1.82) is 0 Å². The number of quaternary nitrogens is 1. The molecule has 0 aliphatic rings. The van der Waals surface area contributed by atoms with Crippen LogP contribution in [0.25, 0.3) is 0 Å². The molecule has 0 aliphatic heterocycles. The first kappa shape index (κ1) is 12.8. The van der Waals surface area contributed by atoms with E-state index in [2.05, 4.69) is 0 Å². The van der Waals surface area contributed by atoms with Gasteiger partial charge >= 0.3 is 6.09 Å². The molecule has 0 unspecified atom stereocenters. The summed E-state index contributed by atoms with van der Waals surface area (Å²) < 4.78 is 0. The van der Waals surface area contributed by atoms with Gasteiger partial charge in [0.1, 0.15) is 0 Å². The highest BCUT2D eigenvalue weighted by Crippen LogP contribution is 1.71. The minimum Gasteiger partial charge on any atom is -0.545 e. The molecule has 0 saturated carbocycles. The Morgan fingerprint density at radius 1 is 1.25 bits per heavy atom. The Kier molecular flexibility index (Phi) is 6.23. The molecule has 2 amide bonds. The number of imide groups is 1. The number of carbonyl (C=O) groups is 3. The number of hydrogen-bond acceptors (Lipinski definition) is 4. The van der Waals surface area contributed by atoms with Gasteiger partial charge in [-0.15, -0.1) is 0 Å². The maximum absolute atomic E-state index is 10.3. The van der Waals surface area contributed by atoms with Gasteiger partial charge in [0.25, 0.3) is 5.91 Å². The highest BCUT2D eigenvalue weighted by molar-refractivity contribution is 6.00. The highest BCUT2D eigenvalue weighted by Gasteiger charge is 1.98. The van der Waals surface area contributed by atoms with Crippen LogP contribution in [0.5, 0.6) is 0 Å². The van der Waals surface area contributed by atoms with Crippen molar-refractivity contribution in [3.63, 3.8) is 0 Å². The molecule has 0 atom stereocenters. The maximum Gasteiger partial charge on any atom is 0.411 e. The van der Waals surface area contributed by atoms with Crippen molar-refractivity contribution in [1.82, 2.24) is 11.5 Å². The fourth-order valence-electron chi connectivity index (χ4n) is 0.291. The Balaban J connectivity index is 0. The number of rotatable bonds is 2. The van der Waals surface area contributed by atoms with Gasteiger partial charge in [-0.25, -0.2) is 4.79 Å². The second kappa shape index (κ2) is 5.86. The van der Waals surface area contributed by atoms with Crippen LogP contribution in [0.3, 0.4) is 0 Å². The van der Waals surface area contributed by atoms with E-state index in [1.165, 1.54) is 5.32 Å². The van der Waals surface area contributed by atoms with E-state index >= 15 is 0 Å². The summed E-state index contributed by atoms with van der Waals surface area (Å²) in [6, 6.07) is 0. The van der Waals surface area contributed by atoms with E-state index in [1.807, 2.05) is 0 Å². The van der Waals surface area contributed by atoms with Gasteiger partial charge in [-0.05, 0) is 6.08 Å². The summed E-state index contributed by atoms with van der Waals surface area (Å²) in [5.74, 6) is -2.59. The zero-order valence-electron chi connectivity index (χ0n) is 6.23. The molecule has 0 heterocycles. The van der Waals surface area contributed by atoms with Crippen molar-refractivity contribution in [3.8, 4) is 0 Å². The number of carboxylic acid groups (broad SMARTS) is 2. The van der Waals surface area contributed by atoms with Crippen LogP contribution in [0.4, 0.5) is 4.79 Å². The molecule has 12 heavy (non-hydrogen) atoms. The van der Waals surface area contributed by atoms with Gasteiger partial charge in [0.15, 0.2) is 0 Å². The Morgan fingerprint density at radius 3 is 2.08 bits per heavy atom. The fraction of sp³-hybridized carbons (Fsp3) is 0. The van der Waals surface area contributed by atoms with Gasteiger partial charge in [-0.1, -0.05) is 0 Å². The molecule has 0 aromatic rings. The van der Waals surface area contributed by atoms with E-state index < -0.39 is 18.0 Å². The SMILES string of the molecule is O=C([O-])C=CC(=O)NC(=O)O.[NH4+]. The predicted octanol–water partition coefficient (Wildman–Crippen LogP) is -1.54. The lowest BCUT2D eigenvalue weighted by molar-refractivity contribution is -0.297. The summed E-state index contributed by atoms with van der Waals surface area (Å²) in [6.45, 7) is 0. The second-order valence-electron chi connectivity index (χ2n) is 1.45. The van der Waals surface area contributed by atoms with Crippen LogP contribution in [0.1, 0.15) is 0 Å². The number of aliphatic carboxylic acids is 1. The fourth-order valence-corrected chi connectivity index (χ4v) is 0.291. The highest BCUT2D eigenvalue weighted by atomic mass is 16.4. The van der Waals surface area contributed by atoms with E-state index in [1.54, 1.807) is 0 Å². The van der Waals surface area contributed by atoms with Crippen LogP contribution in [-0.4, -0.2) is 23.1 Å². The third-order valence-corrected chi connectivity index (χ3v) is 0.601. The number of nitrogens with one attached hydrogen (secondary N) is 1. The van der Waals surface area contributed by atoms with Gasteiger partial charge in [-0.2, -0.15) is 0 Å². The molecule has 0 saturated heterocycles. The van der Waals surface area contributed by atoms with Crippen LogP contribution in [0.15, 0.2) is 12.2 Å². The van der Waals surface area contributed by atoms with E-state index in [4.69, 9.17) is 5.11 Å². The average molecular weight is 176 g/mol. The lowest BCUT2D eigenvalue weighted by Gasteiger charge is -1.92. The summed E-state index contributed by atoms with van der Waals surface area (Å²) in [4.78, 5) is 29.7. The molecular formula is C5H8N2O5. The Hall–Kier alpha value is -1.89. The monoisotopic (exact) mass is 176 g/mol. The van der Waals surface area contributed by atoms with Crippen molar-refractivity contribution >= 4 is 18.0 Å². The van der Waals surface area contributed by atoms with E-state index in [-0.39, 0.29) is 6.15 Å². The first-order chi connectivity index (χ1) is 5.02. The summed E-state index contributed by atoms with van der Waals surface area (Å²) in [6.07, 6.45) is -0.570. The molecule has 0 aliphatic carbocycles. The molecule has 0 radical (unpaired) electrons. The second-order valence-corrected chi connectivity index (χ2v) is 1.45. The van der Waals surface area contributed by atoms with Gasteiger partial charge in [0, 0.05) is 6.08 Å². The van der Waals surface area contributed by atoms with E-state index in [0.717, 1.165) is 0 Å². The van der Waals surface area contributed by atoms with E-state index in [0.29, 0.717) is 12.2 Å². The van der Waals surface area contributed by atoms with Crippen molar-refractivity contribution < 1.29 is 24.6 Å². The molecule has 0 fully saturated rings. The van der Waals surface area contributed by atoms with Crippen LogP contribution >= 0.6 is 0 Å². The minimum atomic E-state index is -1.56. The van der Waals surface area contributed by atoms with E-state index in [9.17, 15) is 19.5 Å². The number of carboxylic acids is 1. The normalized spacial score (nSPS) is 8.67. The summed E-state index contributed by atoms with van der Waals surface area (Å²) in [5.41, 5.74) is 0. The summed E-state index contributed by atoms with van der Waals surface area (Å²) >= 11 is 0. The minimum absolute atomic E-state index is 0. The molecule has 0 aromatic carbocycles. The van der Waals surface area contributed by atoms with Crippen LogP contribution in [0, 0.1) is 0 Å². The number of hydrogen-bond donors (Lipinski definition) is 3. The van der Waals surface area contributed by atoms with Crippen molar-refractivity contribution in [2.45, 2.75) is 0 Å². The van der Waals surface area contributed by atoms with Crippen LogP contribution < -0.4 is 16.6 Å². The predicted molar refractivity (Wildman–Crippen MR) is 36.3 cm³/mol. The number of carbonyl (C=O) groups excluding carboxylic acids is 2. The molecule has 0 rings (SSSR count). The standard InChI is InChI=1S/C5H5NO5.H3N/c7-3(6-5(10)11)1-2-4(8)9;/h1-2H,(H,6,7)(H,8,9)(H,10,11);1H3. The first-order valence-electron chi connectivity index (χ1n) is 2.45. The Morgan fingerprint density at radius 2 is 1.75 bits per heavy atom. The topological polar surface area (TPSA) is 143 Å². The Bertz CT molecular complexity index is 222. The molecule has 0 aromatic heterocycles. The van der Waals surface area contributed by atoms with Gasteiger partial charge in [0.2, 0.25) is 0 Å². The summed E-state index contributed by atoms with van der Waals surface area (Å²) in [5, 5.41) is 19.0. The van der Waals surface area contributed by atoms with Crippen molar-refractivity contribution in [2.75, 3.05) is 0 Å². The maximum atomic E-state index is 10.3. The third-order valence-electron chi connectivity index (χ3n) is 0.601. The van der Waals surface area contributed by atoms with Crippen molar-refractivity contribution in [3.05, 3.63) is 12.2 Å². The van der Waals surface area contributed by atoms with Crippen molar-refractivity contribution in [2.24, 2.45) is 0 Å². The molecule has 6 N–H and O–H groups in total. The molecular weight excluding hydrogens is 168 g/mol. The molecule has 0 spiro atoms. The largest absolute Gasteiger partial charge is 0.545 e. The zero-order valence-corrected chi connectivity index (χ0v) is 6.23. The van der Waals surface area contributed by atoms with Gasteiger partial charge < -0.3 is 21.2 Å². The van der Waals surface area contributed by atoms with Gasteiger partial charge in [0.05, 0.1) is 5.97 Å². The molecule has 0 bridgehead atoms. The third kappa shape index (κ3) is 8.11. The van der Waals surface area contributed by atoms with Gasteiger partial charge in [-0.3, -0.25) is 10.1 Å². The first-order valence-corrected chi connectivity index (χ1v) is 2.45. The lowest BCUT2D eigenvalue weighted by Crippen LogP contribution is -2.27. The lowest BCUT2D eigenvalue weighted by atomic mass is 10.5. The van der Waals surface area contributed by atoms with Crippen LogP contribution in [0.2, 0.25) is 0 Å². The average Bonchev–Trinajstić information content (AvgIpc) is 1.82. The smallest absolute Gasteiger partial charge is 0.411 e. The number of amides is 2. The molecule has 68 valence electrons. The molecule has 7 heteroatoms. The quantitative estimate of drug-likeness (QED) is 0.437. The summed E-state index contributed by atoms with van der Waals surface area (Å²) in [7, 11) is 0. The molecule has 7 nitrogen and oxygen atoms in total. The zero-order chi connectivity index (χ0) is 8.85. The van der Waals surface area contributed by atoms with Crippen LogP contribution in [-0.2, 0) is 9.59 Å².